The van der Waals surface area contributed by atoms with Gasteiger partial charge in [-0.05, 0) is 19.3 Å². The van der Waals surface area contributed by atoms with E-state index in [1.54, 1.807) is 11.3 Å². The Balaban J connectivity index is 2.06. The van der Waals surface area contributed by atoms with Gasteiger partial charge in [0.2, 0.25) is 0 Å². The molecule has 0 aliphatic carbocycles. The molecule has 1 atom stereocenters. The summed E-state index contributed by atoms with van der Waals surface area (Å²) in [5.74, 6) is 0. The summed E-state index contributed by atoms with van der Waals surface area (Å²) >= 11 is 1.74. The molecule has 1 aliphatic rings. The monoisotopic (exact) mass is 268 g/mol. The largest absolute Gasteiger partial charge is 0.381 e. The fraction of sp³-hybridized carbons (Fsp3) is 0.786. The van der Waals surface area contributed by atoms with Gasteiger partial charge in [0.05, 0.1) is 10.7 Å². The van der Waals surface area contributed by atoms with E-state index in [0.29, 0.717) is 0 Å². The third-order valence-electron chi connectivity index (χ3n) is 3.53. The van der Waals surface area contributed by atoms with Gasteiger partial charge in [-0.15, -0.1) is 11.3 Å². The summed E-state index contributed by atoms with van der Waals surface area (Å²) in [4.78, 5) is 4.75. The average Bonchev–Trinajstić information content (AvgIpc) is 2.61. The molecular formula is C14H24N2OS. The van der Waals surface area contributed by atoms with E-state index in [-0.39, 0.29) is 11.0 Å². The number of nitrogens with two attached hydrogens (primary N) is 1. The maximum atomic E-state index is 6.50. The van der Waals surface area contributed by atoms with Crippen LogP contribution in [0.4, 0.5) is 0 Å². The van der Waals surface area contributed by atoms with Gasteiger partial charge in [0.15, 0.2) is 0 Å². The minimum absolute atomic E-state index is 0.122. The second-order valence-electron chi connectivity index (χ2n) is 6.38. The summed E-state index contributed by atoms with van der Waals surface area (Å²) < 4.78 is 5.49. The second-order valence-corrected chi connectivity index (χ2v) is 7.32. The fourth-order valence-electron chi connectivity index (χ4n) is 2.24. The maximum absolute atomic E-state index is 6.50. The Morgan fingerprint density at radius 3 is 2.83 bits per heavy atom. The third kappa shape index (κ3) is 3.53. The predicted octanol–water partition coefficient (Wildman–Crippen LogP) is 2.88. The molecule has 1 aromatic heterocycles. The van der Waals surface area contributed by atoms with Gasteiger partial charge in [0, 0.05) is 36.0 Å². The fourth-order valence-corrected chi connectivity index (χ4v) is 3.42. The Morgan fingerprint density at radius 2 is 2.17 bits per heavy atom. The van der Waals surface area contributed by atoms with Crippen LogP contribution in [0.2, 0.25) is 0 Å². The molecular weight excluding hydrogens is 244 g/mol. The van der Waals surface area contributed by atoms with Crippen LogP contribution in [-0.2, 0) is 16.6 Å². The first-order chi connectivity index (χ1) is 8.39. The molecule has 0 aromatic carbocycles. The van der Waals surface area contributed by atoms with Crippen LogP contribution in [0, 0.1) is 0 Å². The van der Waals surface area contributed by atoms with Gasteiger partial charge in [-0.2, -0.15) is 0 Å². The van der Waals surface area contributed by atoms with Crippen molar-refractivity contribution in [1.82, 2.24) is 4.98 Å². The van der Waals surface area contributed by atoms with E-state index in [9.17, 15) is 0 Å². The number of thiazole rings is 1. The lowest BCUT2D eigenvalue weighted by Crippen LogP contribution is -2.42. The summed E-state index contributed by atoms with van der Waals surface area (Å²) in [6.45, 7) is 8.23. The normalized spacial score (nSPS) is 26.0. The molecule has 102 valence electrons. The van der Waals surface area contributed by atoms with Crippen LogP contribution in [0.3, 0.4) is 0 Å². The molecule has 1 aromatic rings. The molecule has 0 spiro atoms. The van der Waals surface area contributed by atoms with Crippen LogP contribution in [0.15, 0.2) is 5.38 Å². The number of nitrogens with zero attached hydrogens (tertiary/aromatic N) is 1. The molecule has 3 nitrogen and oxygen atoms in total. The van der Waals surface area contributed by atoms with Crippen molar-refractivity contribution in [1.29, 1.82) is 0 Å². The molecule has 2 heterocycles. The average molecular weight is 268 g/mol. The molecule has 1 saturated heterocycles. The third-order valence-corrected chi connectivity index (χ3v) is 4.38. The standard InChI is InChI=1S/C14H24N2OS/c1-13(2,3)11-10-18-12(16-11)9-14(15)5-4-7-17-8-6-14/h10H,4-9,15H2,1-3H3. The van der Waals surface area contributed by atoms with Crippen LogP contribution >= 0.6 is 11.3 Å². The van der Waals surface area contributed by atoms with Crippen molar-refractivity contribution in [3.63, 3.8) is 0 Å². The first kappa shape index (κ1) is 14.0. The Morgan fingerprint density at radius 1 is 1.39 bits per heavy atom. The van der Waals surface area contributed by atoms with Gasteiger partial charge in [0.25, 0.3) is 0 Å². The van der Waals surface area contributed by atoms with Gasteiger partial charge in [-0.1, -0.05) is 20.8 Å². The first-order valence-corrected chi connectivity index (χ1v) is 7.59. The van der Waals surface area contributed by atoms with Crippen molar-refractivity contribution in [2.75, 3.05) is 13.2 Å². The minimum atomic E-state index is -0.122. The van der Waals surface area contributed by atoms with E-state index < -0.39 is 0 Å². The second kappa shape index (κ2) is 5.27. The zero-order valence-corrected chi connectivity index (χ0v) is 12.5. The van der Waals surface area contributed by atoms with Crippen molar-refractivity contribution in [3.05, 3.63) is 16.1 Å². The molecule has 0 amide bonds. The first-order valence-electron chi connectivity index (χ1n) is 6.71. The van der Waals surface area contributed by atoms with Gasteiger partial charge >= 0.3 is 0 Å². The molecule has 1 aliphatic heterocycles. The molecule has 4 heteroatoms. The lowest BCUT2D eigenvalue weighted by atomic mass is 9.88. The maximum Gasteiger partial charge on any atom is 0.0946 e. The van der Waals surface area contributed by atoms with Crippen LogP contribution in [0.5, 0.6) is 0 Å². The van der Waals surface area contributed by atoms with Crippen molar-refractivity contribution >= 4 is 11.3 Å². The number of ether oxygens (including phenoxy) is 1. The zero-order valence-electron chi connectivity index (χ0n) is 11.7. The van der Waals surface area contributed by atoms with E-state index in [2.05, 4.69) is 26.2 Å². The zero-order chi connectivity index (χ0) is 13.2. The highest BCUT2D eigenvalue weighted by Crippen LogP contribution is 2.28. The van der Waals surface area contributed by atoms with Crippen LogP contribution in [0.1, 0.15) is 50.7 Å². The highest BCUT2D eigenvalue weighted by atomic mass is 32.1. The summed E-state index contributed by atoms with van der Waals surface area (Å²) in [5, 5.41) is 3.34. The van der Waals surface area contributed by atoms with E-state index in [4.69, 9.17) is 15.5 Å². The van der Waals surface area contributed by atoms with E-state index in [1.807, 2.05) is 0 Å². The Hall–Kier alpha value is -0.450. The predicted molar refractivity (Wildman–Crippen MR) is 76.1 cm³/mol. The molecule has 0 bridgehead atoms. The number of rotatable bonds is 2. The SMILES string of the molecule is CC(C)(C)c1csc(CC2(N)CCCOCC2)n1. The molecule has 2 rings (SSSR count). The Labute approximate surface area is 114 Å². The van der Waals surface area contributed by atoms with E-state index in [0.717, 1.165) is 38.9 Å². The number of aromatic nitrogens is 1. The molecule has 0 saturated carbocycles. The van der Waals surface area contributed by atoms with Crippen molar-refractivity contribution in [2.45, 2.75) is 57.4 Å². The molecule has 0 radical (unpaired) electrons. The highest BCUT2D eigenvalue weighted by Gasteiger charge is 2.28. The summed E-state index contributed by atoms with van der Waals surface area (Å²) in [6.07, 6.45) is 3.93. The lowest BCUT2D eigenvalue weighted by molar-refractivity contribution is 0.139. The van der Waals surface area contributed by atoms with Crippen molar-refractivity contribution in [3.8, 4) is 0 Å². The smallest absolute Gasteiger partial charge is 0.0946 e. The van der Waals surface area contributed by atoms with Gasteiger partial charge in [0.1, 0.15) is 0 Å². The molecule has 2 N–H and O–H groups in total. The molecule has 1 fully saturated rings. The number of hydrogen-bond donors (Lipinski definition) is 1. The van der Waals surface area contributed by atoms with Gasteiger partial charge in [-0.25, -0.2) is 4.98 Å². The minimum Gasteiger partial charge on any atom is -0.381 e. The van der Waals surface area contributed by atoms with Crippen LogP contribution in [0.25, 0.3) is 0 Å². The lowest BCUT2D eigenvalue weighted by Gasteiger charge is -2.26. The van der Waals surface area contributed by atoms with Crippen LogP contribution < -0.4 is 5.73 Å². The summed E-state index contributed by atoms with van der Waals surface area (Å²) in [5.41, 5.74) is 7.68. The Kier molecular flexibility index (Phi) is 4.09. The van der Waals surface area contributed by atoms with E-state index >= 15 is 0 Å². The summed E-state index contributed by atoms with van der Waals surface area (Å²) in [6, 6.07) is 0. The van der Waals surface area contributed by atoms with Gasteiger partial charge < -0.3 is 10.5 Å². The molecule has 1 unspecified atom stereocenters. The molecule has 18 heavy (non-hydrogen) atoms. The topological polar surface area (TPSA) is 48.1 Å². The van der Waals surface area contributed by atoms with Gasteiger partial charge in [-0.3, -0.25) is 0 Å². The number of hydrogen-bond acceptors (Lipinski definition) is 4. The highest BCUT2D eigenvalue weighted by molar-refractivity contribution is 7.09. The Bertz CT molecular complexity index is 387. The van der Waals surface area contributed by atoms with E-state index in [1.165, 1.54) is 10.7 Å². The summed E-state index contributed by atoms with van der Waals surface area (Å²) in [7, 11) is 0. The van der Waals surface area contributed by atoms with Crippen molar-refractivity contribution in [2.24, 2.45) is 5.73 Å². The van der Waals surface area contributed by atoms with Crippen molar-refractivity contribution < 1.29 is 4.74 Å². The van der Waals surface area contributed by atoms with Crippen LogP contribution in [-0.4, -0.2) is 23.7 Å². The quantitative estimate of drug-likeness (QED) is 0.897.